The van der Waals surface area contributed by atoms with Crippen molar-refractivity contribution < 1.29 is 24.2 Å². The lowest BCUT2D eigenvalue weighted by Gasteiger charge is -2.60. The van der Waals surface area contributed by atoms with E-state index in [1.54, 1.807) is 12.2 Å². The molecule has 1 N–H and O–H groups in total. The van der Waals surface area contributed by atoms with E-state index in [4.69, 9.17) is 9.47 Å². The molecule has 1 aliphatic heterocycles. The van der Waals surface area contributed by atoms with E-state index in [2.05, 4.69) is 20.4 Å². The second-order valence-corrected chi connectivity index (χ2v) is 10.3. The number of aliphatic hydroxyl groups excluding tert-OH is 1. The van der Waals surface area contributed by atoms with Crippen molar-refractivity contribution in [3.63, 3.8) is 0 Å². The number of hydrogen-bond acceptors (Lipinski definition) is 5. The maximum atomic E-state index is 12.7. The average Bonchev–Trinajstić information content (AvgIpc) is 3.24. The molecule has 4 rings (SSSR count). The number of rotatable bonds is 6. The van der Waals surface area contributed by atoms with Crippen molar-refractivity contribution in [1.29, 1.82) is 0 Å². The van der Waals surface area contributed by atoms with E-state index in [1.165, 1.54) is 17.9 Å². The van der Waals surface area contributed by atoms with Crippen LogP contribution < -0.4 is 0 Å². The van der Waals surface area contributed by atoms with Gasteiger partial charge in [-0.15, -0.1) is 0 Å². The number of esters is 2. The highest BCUT2D eigenvalue weighted by atomic mass is 16.5. The topological polar surface area (TPSA) is 72.8 Å². The molecule has 180 valence electrons. The van der Waals surface area contributed by atoms with Gasteiger partial charge in [-0.3, -0.25) is 0 Å². The Hall–Kier alpha value is -2.92. The molecule has 34 heavy (non-hydrogen) atoms. The maximum absolute atomic E-state index is 12.7. The predicted molar refractivity (Wildman–Crippen MR) is 131 cm³/mol. The van der Waals surface area contributed by atoms with Crippen LogP contribution in [0.2, 0.25) is 0 Å². The average molecular weight is 463 g/mol. The number of ether oxygens (including phenoxy) is 2. The molecule has 5 heteroatoms. The van der Waals surface area contributed by atoms with E-state index in [1.807, 2.05) is 36.4 Å². The lowest BCUT2D eigenvalue weighted by Crippen LogP contribution is -2.58. The number of carbonyl (C=O) groups excluding carboxylic acids is 2. The molecule has 0 spiro atoms. The number of cyclic esters (lactones) is 1. The summed E-state index contributed by atoms with van der Waals surface area (Å²) in [6.45, 7) is 8.64. The molecule has 1 aromatic carbocycles. The van der Waals surface area contributed by atoms with Crippen LogP contribution in [0.5, 0.6) is 0 Å². The van der Waals surface area contributed by atoms with Crippen LogP contribution in [0.15, 0.2) is 72.5 Å². The van der Waals surface area contributed by atoms with Crippen LogP contribution in [-0.4, -0.2) is 29.8 Å². The number of allylic oxidation sites excluding steroid dienone is 2. The van der Waals surface area contributed by atoms with Crippen LogP contribution >= 0.6 is 0 Å². The second kappa shape index (κ2) is 9.75. The van der Waals surface area contributed by atoms with Gasteiger partial charge in [0.05, 0.1) is 18.4 Å². The fourth-order valence-electron chi connectivity index (χ4n) is 6.42. The first-order chi connectivity index (χ1) is 16.3. The Bertz CT molecular complexity index is 1040. The maximum Gasteiger partial charge on any atom is 0.342 e. The Kier molecular flexibility index (Phi) is 6.94. The Balaban J connectivity index is 1.52. The number of hydrogen-bond donors (Lipinski definition) is 1. The third kappa shape index (κ3) is 4.54. The van der Waals surface area contributed by atoms with Crippen molar-refractivity contribution in [1.82, 2.24) is 0 Å². The molecule has 2 saturated carbocycles. The van der Waals surface area contributed by atoms with Crippen LogP contribution in [0.1, 0.15) is 51.5 Å². The van der Waals surface area contributed by atoms with Crippen molar-refractivity contribution in [2.24, 2.45) is 22.7 Å². The molecule has 5 atom stereocenters. The number of benzene rings is 1. The Morgan fingerprint density at radius 1 is 1.26 bits per heavy atom. The zero-order chi connectivity index (χ0) is 24.3. The normalized spacial score (nSPS) is 34.3. The lowest BCUT2D eigenvalue weighted by molar-refractivity contribution is -0.182. The largest absolute Gasteiger partial charge is 0.459 e. The van der Waals surface area contributed by atoms with Crippen LogP contribution in [0, 0.1) is 22.7 Å². The number of aliphatic hydroxyl groups is 1. The van der Waals surface area contributed by atoms with Crippen molar-refractivity contribution in [2.75, 3.05) is 6.61 Å². The Labute approximate surface area is 201 Å². The zero-order valence-electron chi connectivity index (χ0n) is 20.0. The monoisotopic (exact) mass is 462 g/mol. The van der Waals surface area contributed by atoms with Gasteiger partial charge in [0, 0.05) is 11.5 Å². The van der Waals surface area contributed by atoms with Crippen LogP contribution in [0.25, 0.3) is 6.08 Å². The SMILES string of the molecule is C=C1CC[C@@H]2[C@](C)(CO)[C@H](OC(=O)/C=C/c3ccccc3)CC[C@@]2(C)[C@@H]1C/C=C1\C=COC1=O. The predicted octanol–water partition coefficient (Wildman–Crippen LogP) is 5.38. The fraction of sp³-hybridized carbons (Fsp3) is 0.448. The summed E-state index contributed by atoms with van der Waals surface area (Å²) in [6, 6.07) is 9.63. The summed E-state index contributed by atoms with van der Waals surface area (Å²) in [5.74, 6) is -0.358. The standard InChI is InChI=1S/C29H34O5/c1-20-9-13-24-28(2,23(20)12-11-22-16-18-33-27(22)32)17-15-25(29(24,3)19-30)34-26(31)14-10-21-7-5-4-6-8-21/h4-8,10-11,14,16,18,23-25,30H,1,9,12-13,15,17,19H2,2-3H3/b14-10+,22-11+/t23-,24+,25-,28+,29+/m1/s1. The Morgan fingerprint density at radius 2 is 2.03 bits per heavy atom. The summed E-state index contributed by atoms with van der Waals surface area (Å²) in [7, 11) is 0. The molecule has 2 aliphatic carbocycles. The van der Waals surface area contributed by atoms with E-state index in [0.29, 0.717) is 18.4 Å². The third-order valence-corrected chi connectivity index (χ3v) is 8.36. The third-order valence-electron chi connectivity index (χ3n) is 8.36. The summed E-state index contributed by atoms with van der Waals surface area (Å²) >= 11 is 0. The van der Waals surface area contributed by atoms with Crippen molar-refractivity contribution in [3.8, 4) is 0 Å². The highest BCUT2D eigenvalue weighted by molar-refractivity contribution is 5.94. The van der Waals surface area contributed by atoms with Gasteiger partial charge in [0.1, 0.15) is 6.10 Å². The molecule has 1 aromatic rings. The van der Waals surface area contributed by atoms with E-state index in [-0.39, 0.29) is 41.9 Å². The van der Waals surface area contributed by atoms with Gasteiger partial charge in [-0.25, -0.2) is 9.59 Å². The molecule has 0 amide bonds. The minimum Gasteiger partial charge on any atom is -0.459 e. The van der Waals surface area contributed by atoms with Gasteiger partial charge in [-0.05, 0) is 67.1 Å². The van der Waals surface area contributed by atoms with E-state index < -0.39 is 5.41 Å². The summed E-state index contributed by atoms with van der Waals surface area (Å²) in [4.78, 5) is 24.5. The van der Waals surface area contributed by atoms with Gasteiger partial charge in [0.15, 0.2) is 0 Å². The fourth-order valence-corrected chi connectivity index (χ4v) is 6.42. The molecular weight excluding hydrogens is 428 g/mol. The van der Waals surface area contributed by atoms with Gasteiger partial charge in [-0.2, -0.15) is 0 Å². The smallest absolute Gasteiger partial charge is 0.342 e. The molecule has 5 nitrogen and oxygen atoms in total. The first kappa shape index (κ1) is 24.2. The van der Waals surface area contributed by atoms with Crippen molar-refractivity contribution in [3.05, 3.63) is 78.1 Å². The van der Waals surface area contributed by atoms with E-state index in [9.17, 15) is 14.7 Å². The molecule has 0 saturated heterocycles. The Morgan fingerprint density at radius 3 is 2.71 bits per heavy atom. The van der Waals surface area contributed by atoms with Gasteiger partial charge in [0.25, 0.3) is 0 Å². The molecular formula is C29H34O5. The summed E-state index contributed by atoms with van der Waals surface area (Å²) < 4.78 is 10.9. The van der Waals surface area contributed by atoms with Crippen LogP contribution in [0.3, 0.4) is 0 Å². The van der Waals surface area contributed by atoms with Gasteiger partial charge >= 0.3 is 11.9 Å². The van der Waals surface area contributed by atoms with Crippen molar-refractivity contribution >= 4 is 18.0 Å². The molecule has 1 heterocycles. The van der Waals surface area contributed by atoms with Gasteiger partial charge < -0.3 is 14.6 Å². The summed E-state index contributed by atoms with van der Waals surface area (Å²) in [5.41, 5.74) is 2.04. The van der Waals surface area contributed by atoms with Crippen LogP contribution in [-0.2, 0) is 19.1 Å². The summed E-state index contributed by atoms with van der Waals surface area (Å²) in [5, 5.41) is 10.6. The molecule has 0 unspecified atom stereocenters. The first-order valence-electron chi connectivity index (χ1n) is 12.1. The molecule has 0 bridgehead atoms. The first-order valence-corrected chi connectivity index (χ1v) is 12.1. The highest BCUT2D eigenvalue weighted by Gasteiger charge is 2.58. The molecule has 0 aromatic heterocycles. The molecule has 3 aliphatic rings. The van der Waals surface area contributed by atoms with Crippen molar-refractivity contribution in [2.45, 2.75) is 52.1 Å². The van der Waals surface area contributed by atoms with Gasteiger partial charge in [-0.1, -0.05) is 62.4 Å². The van der Waals surface area contributed by atoms with Crippen LogP contribution in [0.4, 0.5) is 0 Å². The van der Waals surface area contributed by atoms with E-state index in [0.717, 1.165) is 24.8 Å². The minimum atomic E-state index is -0.554. The highest BCUT2D eigenvalue weighted by Crippen LogP contribution is 2.62. The number of fused-ring (bicyclic) bond motifs is 1. The lowest BCUT2D eigenvalue weighted by atomic mass is 9.46. The second-order valence-electron chi connectivity index (χ2n) is 10.3. The molecule has 0 radical (unpaired) electrons. The van der Waals surface area contributed by atoms with E-state index >= 15 is 0 Å². The number of carbonyl (C=O) groups is 2. The quantitative estimate of drug-likeness (QED) is 0.349. The van der Waals surface area contributed by atoms with Gasteiger partial charge in [0.2, 0.25) is 0 Å². The zero-order valence-corrected chi connectivity index (χ0v) is 20.0. The minimum absolute atomic E-state index is 0.0526. The summed E-state index contributed by atoms with van der Waals surface area (Å²) in [6.07, 6.45) is 11.9. The molecule has 2 fully saturated rings.